The molecule has 2 aromatic rings. The fourth-order valence-electron chi connectivity index (χ4n) is 4.72. The maximum absolute atomic E-state index is 12.4. The highest BCUT2D eigenvalue weighted by Crippen LogP contribution is 2.39. The molecule has 1 nitrogen and oxygen atoms in total. The Hall–Kier alpha value is -2.41. The first-order chi connectivity index (χ1) is 16.4. The summed E-state index contributed by atoms with van der Waals surface area (Å²) in [5, 5.41) is 0. The van der Waals surface area contributed by atoms with Crippen LogP contribution in [0.4, 0.5) is 0 Å². The van der Waals surface area contributed by atoms with Gasteiger partial charge in [0.15, 0.2) is 5.78 Å². The SMILES string of the molecule is C/C=C(\C)c1ccc(C)c(-c2c(CCCC(CC)CC)ccc3c2CCC3=O)c1.C=CC.CC. The smallest absolute Gasteiger partial charge is 0.163 e. The number of ketones is 1. The second-order valence-corrected chi connectivity index (χ2v) is 9.03. The molecule has 0 aromatic heterocycles. The van der Waals surface area contributed by atoms with Crippen LogP contribution in [0, 0.1) is 12.8 Å². The lowest BCUT2D eigenvalue weighted by molar-refractivity contribution is 0.0994. The molecule has 2 aromatic carbocycles. The summed E-state index contributed by atoms with van der Waals surface area (Å²) in [4.78, 5) is 12.4. The lowest BCUT2D eigenvalue weighted by Crippen LogP contribution is -2.02. The maximum Gasteiger partial charge on any atom is 0.163 e. The van der Waals surface area contributed by atoms with E-state index in [0.29, 0.717) is 12.2 Å². The minimum Gasteiger partial charge on any atom is -0.294 e. The van der Waals surface area contributed by atoms with Gasteiger partial charge >= 0.3 is 0 Å². The molecule has 0 N–H and O–H groups in total. The molecule has 0 heterocycles. The highest BCUT2D eigenvalue weighted by atomic mass is 16.1. The second-order valence-electron chi connectivity index (χ2n) is 9.03. The van der Waals surface area contributed by atoms with Crippen LogP contribution in [0.3, 0.4) is 0 Å². The number of hydrogen-bond acceptors (Lipinski definition) is 1. The van der Waals surface area contributed by atoms with Crippen molar-refractivity contribution in [1.82, 2.24) is 0 Å². The monoisotopic (exact) mass is 460 g/mol. The van der Waals surface area contributed by atoms with Gasteiger partial charge in [0.25, 0.3) is 0 Å². The molecule has 0 saturated carbocycles. The Morgan fingerprint density at radius 1 is 1.03 bits per heavy atom. The molecule has 0 aliphatic heterocycles. The average Bonchev–Trinajstić information content (AvgIpc) is 3.24. The molecular weight excluding hydrogens is 412 g/mol. The van der Waals surface area contributed by atoms with Crippen molar-refractivity contribution in [1.29, 1.82) is 0 Å². The van der Waals surface area contributed by atoms with Gasteiger partial charge in [-0.3, -0.25) is 4.79 Å². The van der Waals surface area contributed by atoms with Gasteiger partial charge in [-0.25, -0.2) is 0 Å². The molecule has 0 fully saturated rings. The van der Waals surface area contributed by atoms with Crippen molar-refractivity contribution in [3.63, 3.8) is 0 Å². The van der Waals surface area contributed by atoms with Crippen LogP contribution < -0.4 is 0 Å². The number of fused-ring (bicyclic) bond motifs is 1. The molecule has 3 rings (SSSR count). The lowest BCUT2D eigenvalue weighted by Gasteiger charge is -2.19. The predicted octanol–water partition coefficient (Wildman–Crippen LogP) is 10.2. The van der Waals surface area contributed by atoms with Crippen LogP contribution in [0.5, 0.6) is 0 Å². The largest absolute Gasteiger partial charge is 0.294 e. The quantitative estimate of drug-likeness (QED) is 0.358. The topological polar surface area (TPSA) is 17.1 Å². The summed E-state index contributed by atoms with van der Waals surface area (Å²) in [5.41, 5.74) is 10.2. The van der Waals surface area contributed by atoms with E-state index in [1.807, 2.05) is 20.8 Å². The Morgan fingerprint density at radius 3 is 2.26 bits per heavy atom. The van der Waals surface area contributed by atoms with Crippen molar-refractivity contribution in [3.8, 4) is 11.1 Å². The number of Topliss-reactive ketones (excluding diaryl/α,β-unsaturated/α-hetero) is 1. The highest BCUT2D eigenvalue weighted by molar-refractivity contribution is 6.03. The molecular formula is C33H48O. The van der Waals surface area contributed by atoms with E-state index >= 15 is 0 Å². The van der Waals surface area contributed by atoms with Gasteiger partial charge in [-0.15, -0.1) is 6.58 Å². The minimum atomic E-state index is 0.309. The van der Waals surface area contributed by atoms with Crippen LogP contribution in [-0.2, 0) is 12.8 Å². The molecule has 1 aliphatic rings. The number of rotatable bonds is 8. The van der Waals surface area contributed by atoms with E-state index in [-0.39, 0.29) is 0 Å². The molecule has 0 saturated heterocycles. The normalized spacial score (nSPS) is 12.5. The van der Waals surface area contributed by atoms with E-state index in [1.165, 1.54) is 64.6 Å². The molecule has 0 radical (unpaired) electrons. The molecule has 0 amide bonds. The van der Waals surface area contributed by atoms with E-state index in [2.05, 4.69) is 77.6 Å². The number of carbonyl (C=O) groups is 1. The van der Waals surface area contributed by atoms with Crippen LogP contribution in [0.25, 0.3) is 16.7 Å². The molecule has 0 spiro atoms. The Kier molecular flexibility index (Phi) is 13.5. The van der Waals surface area contributed by atoms with Gasteiger partial charge in [-0.2, -0.15) is 0 Å². The van der Waals surface area contributed by atoms with E-state index < -0.39 is 0 Å². The van der Waals surface area contributed by atoms with Crippen LogP contribution in [0.15, 0.2) is 49.1 Å². The van der Waals surface area contributed by atoms with Crippen LogP contribution in [0.2, 0.25) is 0 Å². The summed E-state index contributed by atoms with van der Waals surface area (Å²) in [5.74, 6) is 1.14. The van der Waals surface area contributed by atoms with Gasteiger partial charge in [0.05, 0.1) is 0 Å². The van der Waals surface area contributed by atoms with Gasteiger partial charge in [0, 0.05) is 12.0 Å². The molecule has 0 atom stereocenters. The first kappa shape index (κ1) is 29.6. The average molecular weight is 461 g/mol. The zero-order valence-corrected chi connectivity index (χ0v) is 23.2. The van der Waals surface area contributed by atoms with E-state index in [0.717, 1.165) is 24.3 Å². The maximum atomic E-state index is 12.4. The Labute approximate surface area is 210 Å². The minimum absolute atomic E-state index is 0.309. The zero-order valence-electron chi connectivity index (χ0n) is 23.2. The molecule has 1 aliphatic carbocycles. The molecule has 1 heteroatoms. The van der Waals surface area contributed by atoms with Crippen molar-refractivity contribution in [2.75, 3.05) is 0 Å². The van der Waals surface area contributed by atoms with Gasteiger partial charge in [0.2, 0.25) is 0 Å². The van der Waals surface area contributed by atoms with Crippen molar-refractivity contribution in [3.05, 3.63) is 76.9 Å². The van der Waals surface area contributed by atoms with Crippen LogP contribution in [-0.4, -0.2) is 5.78 Å². The van der Waals surface area contributed by atoms with Crippen molar-refractivity contribution < 1.29 is 4.79 Å². The number of allylic oxidation sites excluding steroid dienone is 3. The number of aryl methyl sites for hydroxylation is 2. The van der Waals surface area contributed by atoms with Crippen molar-refractivity contribution >= 4 is 11.4 Å². The molecule has 34 heavy (non-hydrogen) atoms. The third kappa shape index (κ3) is 7.55. The first-order valence-electron chi connectivity index (χ1n) is 13.4. The van der Waals surface area contributed by atoms with Gasteiger partial charge in [-0.05, 0) is 97.9 Å². The van der Waals surface area contributed by atoms with Crippen LogP contribution >= 0.6 is 0 Å². The lowest BCUT2D eigenvalue weighted by atomic mass is 9.85. The third-order valence-electron chi connectivity index (χ3n) is 6.91. The van der Waals surface area contributed by atoms with Gasteiger partial charge in [0.1, 0.15) is 0 Å². The van der Waals surface area contributed by atoms with E-state index in [4.69, 9.17) is 0 Å². The third-order valence-corrected chi connectivity index (χ3v) is 6.91. The van der Waals surface area contributed by atoms with Gasteiger partial charge in [-0.1, -0.05) is 83.4 Å². The van der Waals surface area contributed by atoms with Crippen molar-refractivity contribution in [2.24, 2.45) is 5.92 Å². The first-order valence-corrected chi connectivity index (χ1v) is 13.4. The van der Waals surface area contributed by atoms with Crippen molar-refractivity contribution in [2.45, 2.75) is 100 Å². The summed E-state index contributed by atoms with van der Waals surface area (Å²) in [7, 11) is 0. The number of benzene rings is 2. The zero-order chi connectivity index (χ0) is 25.7. The van der Waals surface area contributed by atoms with Crippen LogP contribution in [0.1, 0.15) is 113 Å². The summed E-state index contributed by atoms with van der Waals surface area (Å²) in [6, 6.07) is 11.1. The number of hydrogen-bond donors (Lipinski definition) is 0. The fourth-order valence-corrected chi connectivity index (χ4v) is 4.72. The Balaban J connectivity index is 0.00000107. The fraction of sp³-hybridized carbons (Fsp3) is 0.485. The predicted molar refractivity (Wildman–Crippen MR) is 153 cm³/mol. The summed E-state index contributed by atoms with van der Waals surface area (Å²) in [6.07, 6.45) is 11.6. The summed E-state index contributed by atoms with van der Waals surface area (Å²) >= 11 is 0. The molecule has 0 unspecified atom stereocenters. The molecule has 0 bridgehead atoms. The number of carbonyl (C=O) groups excluding carboxylic acids is 1. The van der Waals surface area contributed by atoms with Gasteiger partial charge < -0.3 is 0 Å². The second kappa shape index (κ2) is 15.5. The Bertz CT molecular complexity index is 957. The highest BCUT2D eigenvalue weighted by Gasteiger charge is 2.25. The van der Waals surface area contributed by atoms with E-state index in [9.17, 15) is 4.79 Å². The summed E-state index contributed by atoms with van der Waals surface area (Å²) < 4.78 is 0. The standard InChI is InChI=1S/C28H36O.C3H6.C2H6/c1-6-19(4)23-13-12-20(5)26(18-23)28-22(11-9-10-21(7-2)8-3)14-15-24-25(28)16-17-27(24)29;1-3-2;1-2/h6,12-15,18,21H,7-11,16-17H2,1-5H3;3H,1H2,2H3;1-2H3/b19-6+;;. The summed E-state index contributed by atoms with van der Waals surface area (Å²) in [6.45, 7) is 20.3. The van der Waals surface area contributed by atoms with E-state index in [1.54, 1.807) is 6.08 Å². The molecule has 186 valence electrons. The Morgan fingerprint density at radius 2 is 1.68 bits per heavy atom.